The van der Waals surface area contributed by atoms with Crippen LogP contribution in [0.5, 0.6) is 5.75 Å². The van der Waals surface area contributed by atoms with Crippen LogP contribution in [0.3, 0.4) is 0 Å². The first-order valence-corrected chi connectivity index (χ1v) is 13.1. The van der Waals surface area contributed by atoms with Crippen molar-refractivity contribution < 1.29 is 19.1 Å². The summed E-state index contributed by atoms with van der Waals surface area (Å²) < 4.78 is 5.16. The number of para-hydroxylation sites is 1. The molecule has 40 heavy (non-hydrogen) atoms. The number of rotatable bonds is 9. The summed E-state index contributed by atoms with van der Waals surface area (Å²) in [6.45, 7) is 11.1. The van der Waals surface area contributed by atoms with Crippen LogP contribution in [0.25, 0.3) is 0 Å². The number of anilines is 3. The predicted octanol–water partition coefficient (Wildman–Crippen LogP) is 4.05. The fourth-order valence-corrected chi connectivity index (χ4v) is 4.08. The minimum absolute atomic E-state index is 0.00870. The highest BCUT2D eigenvalue weighted by molar-refractivity contribution is 5.99. The molecule has 1 aliphatic rings. The number of allylic oxidation sites excluding steroid dienone is 3. The number of amides is 2. The van der Waals surface area contributed by atoms with Gasteiger partial charge in [-0.05, 0) is 36.8 Å². The zero-order valence-electron chi connectivity index (χ0n) is 22.9. The molecule has 0 aliphatic carbocycles. The smallest absolute Gasteiger partial charge is 0.289 e. The molecular formula is C30H34N4O6. The van der Waals surface area contributed by atoms with Crippen LogP contribution >= 0.6 is 0 Å². The average molecular weight is 547 g/mol. The lowest BCUT2D eigenvalue weighted by atomic mass is 10.1. The number of furan rings is 1. The van der Waals surface area contributed by atoms with Crippen molar-refractivity contribution >= 4 is 28.9 Å². The minimum atomic E-state index is -0.724. The van der Waals surface area contributed by atoms with E-state index in [0.29, 0.717) is 13.1 Å². The van der Waals surface area contributed by atoms with Crippen molar-refractivity contribution in [1.29, 1.82) is 0 Å². The molecule has 210 valence electrons. The van der Waals surface area contributed by atoms with Crippen LogP contribution in [0.4, 0.5) is 17.1 Å². The number of aromatic hydroxyl groups is 1. The molecule has 1 aromatic heterocycles. The van der Waals surface area contributed by atoms with Gasteiger partial charge in [-0.2, -0.15) is 0 Å². The third-order valence-electron chi connectivity index (χ3n) is 6.26. The van der Waals surface area contributed by atoms with E-state index in [-0.39, 0.29) is 59.7 Å². The van der Waals surface area contributed by atoms with Crippen molar-refractivity contribution in [3.05, 3.63) is 105 Å². The summed E-state index contributed by atoms with van der Waals surface area (Å²) in [7, 11) is 0. The Morgan fingerprint density at radius 2 is 1.65 bits per heavy atom. The summed E-state index contributed by atoms with van der Waals surface area (Å²) in [5, 5.41) is 16.6. The molecule has 0 atom stereocenters. The molecule has 3 aromatic rings. The van der Waals surface area contributed by atoms with E-state index >= 15 is 0 Å². The summed E-state index contributed by atoms with van der Waals surface area (Å²) in [4.78, 5) is 53.2. The number of hydrogen-bond acceptors (Lipinski definition) is 8. The Bertz CT molecular complexity index is 1470. The third kappa shape index (κ3) is 6.40. The quantitative estimate of drug-likeness (QED) is 0.208. The second-order valence-electron chi connectivity index (χ2n) is 8.62. The number of phenolic OH excluding ortho intramolecular Hbond substituents is 1. The van der Waals surface area contributed by atoms with Gasteiger partial charge in [-0.15, -0.1) is 0 Å². The highest BCUT2D eigenvalue weighted by Gasteiger charge is 2.29. The van der Waals surface area contributed by atoms with Gasteiger partial charge in [0.05, 0.1) is 17.5 Å². The molecule has 0 saturated carbocycles. The molecule has 1 saturated heterocycles. The van der Waals surface area contributed by atoms with Gasteiger partial charge < -0.3 is 30.0 Å². The molecule has 1 aliphatic heterocycles. The first-order chi connectivity index (χ1) is 19.3. The van der Waals surface area contributed by atoms with Crippen LogP contribution in [-0.4, -0.2) is 59.4 Å². The monoisotopic (exact) mass is 546 g/mol. The Kier molecular flexibility index (Phi) is 10.2. The molecule has 0 bridgehead atoms. The standard InChI is InChI=1S/C28H28N4O6.C2H6/c1-3-5-8-18(4-2)17-29-22-23(26(35)25(22)34)30-20-10-6-9-19(24(20)33)27(36)31-12-14-32(15-13-31)28(37)21-11-7-16-38-21;1-2/h3-11,16,29-30,33H,2,12-15,17H2,1H3;1-2H3/b5-3-,18-8+;. The topological polar surface area (TPSA) is 132 Å². The van der Waals surface area contributed by atoms with Crippen LogP contribution in [0, 0.1) is 0 Å². The molecule has 0 unspecified atom stereocenters. The number of nitrogens with one attached hydrogen (secondary N) is 2. The lowest BCUT2D eigenvalue weighted by molar-refractivity contribution is 0.0516. The summed E-state index contributed by atoms with van der Waals surface area (Å²) in [5.41, 5.74) is -0.327. The zero-order chi connectivity index (χ0) is 29.2. The van der Waals surface area contributed by atoms with Gasteiger partial charge in [-0.3, -0.25) is 19.2 Å². The zero-order valence-corrected chi connectivity index (χ0v) is 22.9. The summed E-state index contributed by atoms with van der Waals surface area (Å²) in [5.74, 6) is -0.760. The highest BCUT2D eigenvalue weighted by Crippen LogP contribution is 2.32. The van der Waals surface area contributed by atoms with Crippen LogP contribution in [0.1, 0.15) is 41.7 Å². The van der Waals surface area contributed by atoms with Gasteiger partial charge in [0.2, 0.25) is 0 Å². The first-order valence-electron chi connectivity index (χ1n) is 13.1. The molecular weight excluding hydrogens is 512 g/mol. The number of hydrogen-bond donors (Lipinski definition) is 3. The third-order valence-corrected chi connectivity index (χ3v) is 6.26. The Labute approximate surface area is 232 Å². The Morgan fingerprint density at radius 1 is 1.00 bits per heavy atom. The van der Waals surface area contributed by atoms with E-state index in [1.807, 2.05) is 39.0 Å². The van der Waals surface area contributed by atoms with Crippen molar-refractivity contribution in [1.82, 2.24) is 9.80 Å². The van der Waals surface area contributed by atoms with Gasteiger partial charge in [0.1, 0.15) is 11.4 Å². The maximum absolute atomic E-state index is 13.2. The molecule has 2 amide bonds. The summed E-state index contributed by atoms with van der Waals surface area (Å²) in [6, 6.07) is 7.78. The Hall–Kier alpha value is -4.86. The van der Waals surface area contributed by atoms with E-state index in [1.54, 1.807) is 34.1 Å². The van der Waals surface area contributed by atoms with E-state index in [9.17, 15) is 24.3 Å². The SMILES string of the molecule is C=C/C(=C\C=C/C)CNc1c(Nc2cccc(C(=O)N3CCN(C(=O)c4ccco4)CC3)c2O)c(=O)c1=O.CC. The van der Waals surface area contributed by atoms with Gasteiger partial charge in [-0.1, -0.05) is 50.8 Å². The lowest BCUT2D eigenvalue weighted by Crippen LogP contribution is -2.50. The number of nitrogens with zero attached hydrogens (tertiary/aromatic N) is 2. The second-order valence-corrected chi connectivity index (χ2v) is 8.62. The van der Waals surface area contributed by atoms with E-state index in [2.05, 4.69) is 17.2 Å². The highest BCUT2D eigenvalue weighted by atomic mass is 16.3. The van der Waals surface area contributed by atoms with Gasteiger partial charge in [0.25, 0.3) is 22.7 Å². The van der Waals surface area contributed by atoms with Crippen LogP contribution in [0.2, 0.25) is 0 Å². The number of benzene rings is 1. The Morgan fingerprint density at radius 3 is 2.25 bits per heavy atom. The molecule has 1 fully saturated rings. The van der Waals surface area contributed by atoms with Crippen molar-refractivity contribution in [2.24, 2.45) is 0 Å². The van der Waals surface area contributed by atoms with Crippen molar-refractivity contribution in [2.75, 3.05) is 43.4 Å². The fourth-order valence-electron chi connectivity index (χ4n) is 4.08. The van der Waals surface area contributed by atoms with E-state index in [1.165, 1.54) is 18.4 Å². The predicted molar refractivity (Wildman–Crippen MR) is 156 cm³/mol. The molecule has 10 heteroatoms. The maximum atomic E-state index is 13.2. The van der Waals surface area contributed by atoms with E-state index < -0.39 is 16.8 Å². The number of phenols is 1. The molecule has 0 radical (unpaired) electrons. The van der Waals surface area contributed by atoms with Crippen LogP contribution in [0.15, 0.2) is 87.1 Å². The maximum Gasteiger partial charge on any atom is 0.289 e. The average Bonchev–Trinajstić information content (AvgIpc) is 3.54. The molecule has 10 nitrogen and oxygen atoms in total. The van der Waals surface area contributed by atoms with Crippen LogP contribution in [-0.2, 0) is 0 Å². The van der Waals surface area contributed by atoms with Crippen molar-refractivity contribution in [2.45, 2.75) is 20.8 Å². The number of carbonyl (C=O) groups is 2. The van der Waals surface area contributed by atoms with E-state index in [0.717, 1.165) is 5.57 Å². The molecule has 0 spiro atoms. The van der Waals surface area contributed by atoms with Crippen molar-refractivity contribution in [3.63, 3.8) is 0 Å². The molecule has 4 rings (SSSR count). The Balaban J connectivity index is 0.00000216. The minimum Gasteiger partial charge on any atom is -0.505 e. The molecule has 3 N–H and O–H groups in total. The lowest BCUT2D eigenvalue weighted by Gasteiger charge is -2.34. The number of piperazine rings is 1. The van der Waals surface area contributed by atoms with Crippen LogP contribution < -0.4 is 21.5 Å². The van der Waals surface area contributed by atoms with Gasteiger partial charge in [0.15, 0.2) is 11.5 Å². The largest absolute Gasteiger partial charge is 0.505 e. The summed E-state index contributed by atoms with van der Waals surface area (Å²) in [6.07, 6.45) is 8.58. The molecule has 2 heterocycles. The van der Waals surface area contributed by atoms with Gasteiger partial charge in [0, 0.05) is 32.7 Å². The first kappa shape index (κ1) is 29.7. The summed E-state index contributed by atoms with van der Waals surface area (Å²) >= 11 is 0. The van der Waals surface area contributed by atoms with Crippen molar-refractivity contribution in [3.8, 4) is 5.75 Å². The second kappa shape index (κ2) is 13.8. The normalized spacial score (nSPS) is 13.6. The fraction of sp³-hybridized carbons (Fsp3) is 0.267. The molecule has 2 aromatic carbocycles. The van der Waals surface area contributed by atoms with Gasteiger partial charge >= 0.3 is 0 Å². The number of carbonyl (C=O) groups excluding carboxylic acids is 2. The van der Waals surface area contributed by atoms with Gasteiger partial charge in [-0.25, -0.2) is 0 Å². The van der Waals surface area contributed by atoms with E-state index in [4.69, 9.17) is 4.42 Å².